The average Bonchev–Trinajstić information content (AvgIpc) is 2.57. The molecule has 0 aliphatic carbocycles. The molecule has 9 nitrogen and oxygen atoms in total. The number of pyridine rings is 2. The second-order valence-electron chi connectivity index (χ2n) is 6.50. The minimum atomic E-state index is -0.701. The summed E-state index contributed by atoms with van der Waals surface area (Å²) in [4.78, 5) is 33.5. The molecule has 0 aliphatic heterocycles. The summed E-state index contributed by atoms with van der Waals surface area (Å²) in [5.74, 6) is -0.275. The number of hydrogen-bond acceptors (Lipinski definition) is 7. The highest BCUT2D eigenvalue weighted by Crippen LogP contribution is 2.23. The van der Waals surface area contributed by atoms with E-state index in [9.17, 15) is 9.59 Å². The smallest absolute Gasteiger partial charge is 0.269 e. The van der Waals surface area contributed by atoms with Gasteiger partial charge in [0.25, 0.3) is 5.91 Å². The number of hydrogen-bond donors (Lipinski definition) is 4. The van der Waals surface area contributed by atoms with Crippen LogP contribution in [0.1, 0.15) is 21.7 Å². The van der Waals surface area contributed by atoms with Crippen LogP contribution in [0, 0.1) is 13.8 Å². The molecule has 0 spiro atoms. The van der Waals surface area contributed by atoms with Crippen LogP contribution in [0.25, 0.3) is 0 Å². The Balaban J connectivity index is 2.23. The van der Waals surface area contributed by atoms with Gasteiger partial charge in [-0.2, -0.15) is 0 Å². The van der Waals surface area contributed by atoms with Crippen LogP contribution in [0.3, 0.4) is 0 Å². The number of rotatable bonds is 7. The lowest BCUT2D eigenvalue weighted by Gasteiger charge is -2.18. The van der Waals surface area contributed by atoms with Crippen molar-refractivity contribution in [2.24, 2.45) is 11.5 Å². The van der Waals surface area contributed by atoms with Crippen LogP contribution in [-0.4, -0.2) is 53.4 Å². The SMILES string of the molecule is Cc1cc(C)nc(Nc2cc(NCC(N)C(=O)N(C)C)cnc2C(N)=O)c1. The van der Waals surface area contributed by atoms with Gasteiger partial charge in [-0.1, -0.05) is 0 Å². The maximum absolute atomic E-state index is 11.8. The zero-order valence-corrected chi connectivity index (χ0v) is 15.9. The molecule has 2 rings (SSSR count). The summed E-state index contributed by atoms with van der Waals surface area (Å²) in [6, 6.07) is 4.77. The van der Waals surface area contributed by atoms with E-state index >= 15 is 0 Å². The van der Waals surface area contributed by atoms with Crippen LogP contribution in [-0.2, 0) is 4.79 Å². The molecule has 144 valence electrons. The lowest BCUT2D eigenvalue weighted by atomic mass is 10.2. The first-order chi connectivity index (χ1) is 12.7. The summed E-state index contributed by atoms with van der Waals surface area (Å²) >= 11 is 0. The maximum atomic E-state index is 11.8. The number of aryl methyl sites for hydroxylation is 2. The number of aromatic nitrogens is 2. The van der Waals surface area contributed by atoms with E-state index in [4.69, 9.17) is 11.5 Å². The normalized spacial score (nSPS) is 11.6. The number of likely N-dealkylation sites (N-methyl/N-ethyl adjacent to an activating group) is 1. The molecule has 0 saturated carbocycles. The highest BCUT2D eigenvalue weighted by Gasteiger charge is 2.16. The molecule has 1 unspecified atom stereocenters. The van der Waals surface area contributed by atoms with Crippen LogP contribution < -0.4 is 22.1 Å². The first-order valence-electron chi connectivity index (χ1n) is 8.40. The zero-order valence-electron chi connectivity index (χ0n) is 15.9. The molecule has 0 aromatic carbocycles. The van der Waals surface area contributed by atoms with Crippen molar-refractivity contribution in [2.45, 2.75) is 19.9 Å². The first kappa shape index (κ1) is 20.1. The van der Waals surface area contributed by atoms with Crippen molar-refractivity contribution >= 4 is 29.0 Å². The molecule has 2 heterocycles. The fraction of sp³-hybridized carbons (Fsp3) is 0.333. The van der Waals surface area contributed by atoms with Crippen molar-refractivity contribution in [1.82, 2.24) is 14.9 Å². The second kappa shape index (κ2) is 8.45. The third-order valence-electron chi connectivity index (χ3n) is 3.77. The Hall–Kier alpha value is -3.20. The van der Waals surface area contributed by atoms with Gasteiger partial charge in [-0.05, 0) is 37.6 Å². The molecule has 2 aromatic heterocycles. The minimum Gasteiger partial charge on any atom is -0.382 e. The van der Waals surface area contributed by atoms with Gasteiger partial charge in [-0.25, -0.2) is 9.97 Å². The number of nitrogens with one attached hydrogen (secondary N) is 2. The van der Waals surface area contributed by atoms with Gasteiger partial charge in [0.1, 0.15) is 11.9 Å². The van der Waals surface area contributed by atoms with Crippen LogP contribution in [0.2, 0.25) is 0 Å². The number of carbonyl (C=O) groups is 2. The van der Waals surface area contributed by atoms with Gasteiger partial charge < -0.3 is 27.0 Å². The van der Waals surface area contributed by atoms with Crippen molar-refractivity contribution in [1.29, 1.82) is 0 Å². The quantitative estimate of drug-likeness (QED) is 0.563. The van der Waals surface area contributed by atoms with Crippen LogP contribution in [0.4, 0.5) is 17.2 Å². The number of nitrogens with two attached hydrogens (primary N) is 2. The number of amides is 2. The lowest BCUT2D eigenvalue weighted by Crippen LogP contribution is -2.44. The average molecular weight is 371 g/mol. The third kappa shape index (κ3) is 5.38. The predicted octanol–water partition coefficient (Wildman–Crippen LogP) is 0.763. The Bertz CT molecular complexity index is 831. The topological polar surface area (TPSA) is 139 Å². The summed E-state index contributed by atoms with van der Waals surface area (Å²) in [7, 11) is 3.29. The molecule has 0 fully saturated rings. The zero-order chi connectivity index (χ0) is 20.1. The van der Waals surface area contributed by atoms with Gasteiger partial charge in [0.2, 0.25) is 5.91 Å². The van der Waals surface area contributed by atoms with Gasteiger partial charge in [-0.3, -0.25) is 9.59 Å². The Morgan fingerprint density at radius 2 is 1.93 bits per heavy atom. The number of primary amides is 1. The van der Waals surface area contributed by atoms with Gasteiger partial charge in [-0.15, -0.1) is 0 Å². The monoisotopic (exact) mass is 371 g/mol. The highest BCUT2D eigenvalue weighted by molar-refractivity contribution is 5.97. The van der Waals surface area contributed by atoms with E-state index < -0.39 is 11.9 Å². The maximum Gasteiger partial charge on any atom is 0.269 e. The summed E-state index contributed by atoms with van der Waals surface area (Å²) in [5.41, 5.74) is 14.3. The fourth-order valence-electron chi connectivity index (χ4n) is 2.54. The van der Waals surface area contributed by atoms with Crippen molar-refractivity contribution in [3.8, 4) is 0 Å². The van der Waals surface area contributed by atoms with E-state index in [1.807, 2.05) is 26.0 Å². The third-order valence-corrected chi connectivity index (χ3v) is 3.77. The standard InChI is InChI=1S/C18H25N7O2/c1-10-5-11(2)23-15(6-10)24-14-7-12(8-22-16(14)17(20)26)21-9-13(19)18(27)25(3)4/h5-8,13,21H,9,19H2,1-4H3,(H2,20,26)(H,23,24). The summed E-state index contributed by atoms with van der Waals surface area (Å²) in [6.45, 7) is 4.05. The molecule has 2 amide bonds. The fourth-order valence-corrected chi connectivity index (χ4v) is 2.54. The number of nitrogens with zero attached hydrogens (tertiary/aromatic N) is 3. The van der Waals surface area contributed by atoms with Gasteiger partial charge >= 0.3 is 0 Å². The predicted molar refractivity (Wildman–Crippen MR) is 105 cm³/mol. The Kier molecular flexibility index (Phi) is 6.30. The van der Waals surface area contributed by atoms with Gasteiger partial charge in [0.15, 0.2) is 5.69 Å². The summed E-state index contributed by atoms with van der Waals surface area (Å²) in [6.07, 6.45) is 1.47. The number of carbonyl (C=O) groups excluding carboxylic acids is 2. The highest BCUT2D eigenvalue weighted by atomic mass is 16.2. The van der Waals surface area contributed by atoms with E-state index in [-0.39, 0.29) is 18.1 Å². The molecule has 1 atom stereocenters. The molecule has 27 heavy (non-hydrogen) atoms. The molecular weight excluding hydrogens is 346 g/mol. The molecule has 0 radical (unpaired) electrons. The van der Waals surface area contributed by atoms with Crippen molar-refractivity contribution in [3.63, 3.8) is 0 Å². The molecule has 0 bridgehead atoms. The van der Waals surface area contributed by atoms with E-state index in [2.05, 4.69) is 20.6 Å². The molecule has 0 saturated heterocycles. The molecule has 2 aromatic rings. The summed E-state index contributed by atoms with van der Waals surface area (Å²) in [5, 5.41) is 6.13. The van der Waals surface area contributed by atoms with Crippen LogP contribution >= 0.6 is 0 Å². The van der Waals surface area contributed by atoms with Crippen molar-refractivity contribution in [2.75, 3.05) is 31.3 Å². The molecular formula is C18H25N7O2. The Labute approximate surface area is 158 Å². The van der Waals surface area contributed by atoms with Crippen LogP contribution in [0.5, 0.6) is 0 Å². The second-order valence-corrected chi connectivity index (χ2v) is 6.50. The summed E-state index contributed by atoms with van der Waals surface area (Å²) < 4.78 is 0. The lowest BCUT2D eigenvalue weighted by molar-refractivity contribution is -0.129. The van der Waals surface area contributed by atoms with E-state index in [1.54, 1.807) is 20.2 Å². The first-order valence-corrected chi connectivity index (χ1v) is 8.40. The van der Waals surface area contributed by atoms with E-state index in [1.165, 1.54) is 11.1 Å². The Morgan fingerprint density at radius 1 is 1.22 bits per heavy atom. The van der Waals surface area contributed by atoms with Gasteiger partial charge in [0.05, 0.1) is 17.6 Å². The minimum absolute atomic E-state index is 0.0928. The van der Waals surface area contributed by atoms with Crippen molar-refractivity contribution in [3.05, 3.63) is 41.3 Å². The van der Waals surface area contributed by atoms with Gasteiger partial charge in [0, 0.05) is 26.3 Å². The number of anilines is 3. The van der Waals surface area contributed by atoms with Crippen molar-refractivity contribution < 1.29 is 9.59 Å². The van der Waals surface area contributed by atoms with E-state index in [0.29, 0.717) is 17.2 Å². The Morgan fingerprint density at radius 3 is 2.52 bits per heavy atom. The van der Waals surface area contributed by atoms with Crippen LogP contribution in [0.15, 0.2) is 24.4 Å². The molecule has 6 N–H and O–H groups in total. The largest absolute Gasteiger partial charge is 0.382 e. The molecule has 9 heteroatoms. The van der Waals surface area contributed by atoms with E-state index in [0.717, 1.165) is 11.3 Å². The molecule has 0 aliphatic rings.